The molecule has 0 radical (unpaired) electrons. The van der Waals surface area contributed by atoms with Crippen molar-refractivity contribution in [3.05, 3.63) is 44.0 Å². The fourth-order valence-electron chi connectivity index (χ4n) is 5.09. The third-order valence-corrected chi connectivity index (χ3v) is 10.9. The highest BCUT2D eigenvalue weighted by molar-refractivity contribution is 7.58. The number of hydrogen-bond acceptors (Lipinski definition) is 11. The van der Waals surface area contributed by atoms with Crippen LogP contribution in [0.5, 0.6) is 0 Å². The first kappa shape index (κ1) is 39.7. The number of aromatic nitrogens is 2. The zero-order valence-corrected chi connectivity index (χ0v) is 29.9. The van der Waals surface area contributed by atoms with Crippen molar-refractivity contribution in [1.29, 1.82) is 0 Å². The Bertz CT molecular complexity index is 1230. The van der Waals surface area contributed by atoms with E-state index in [0.29, 0.717) is 18.6 Å². The Morgan fingerprint density at radius 3 is 2.40 bits per heavy atom. The molecule has 0 aromatic carbocycles. The van der Waals surface area contributed by atoms with Gasteiger partial charge in [-0.25, -0.2) is 16.0 Å². The lowest BCUT2D eigenvalue weighted by molar-refractivity contribution is -0.104. The SMILES string of the molecule is [C-]#[N+]CCOP(O[C@H]1[C@@H](OCCOC)[C@H](n2cc(C)c(=O)[nH]c2=O)O[C@@H]1[C@H](CP(C)(=O)OCC)OCCC)N(C(C)C)C(C)C. The molecule has 0 amide bonds. The van der Waals surface area contributed by atoms with Gasteiger partial charge in [0, 0.05) is 44.2 Å². The number of rotatable bonds is 21. The lowest BCUT2D eigenvalue weighted by Gasteiger charge is -2.39. The van der Waals surface area contributed by atoms with Crippen molar-refractivity contribution in [1.82, 2.24) is 14.2 Å². The normalized spacial score (nSPS) is 23.0. The second-order valence-electron chi connectivity index (χ2n) is 11.4. The molecular weight excluding hydrogens is 626 g/mol. The summed E-state index contributed by atoms with van der Waals surface area (Å²) in [5.41, 5.74) is -0.888. The van der Waals surface area contributed by atoms with Gasteiger partial charge in [0.1, 0.15) is 24.9 Å². The van der Waals surface area contributed by atoms with Crippen molar-refractivity contribution in [2.75, 3.05) is 59.5 Å². The van der Waals surface area contributed by atoms with Crippen LogP contribution in [-0.2, 0) is 37.1 Å². The Labute approximate surface area is 268 Å². The number of ether oxygens (including phenoxy) is 4. The molecule has 45 heavy (non-hydrogen) atoms. The van der Waals surface area contributed by atoms with E-state index in [1.54, 1.807) is 27.6 Å². The molecule has 1 aromatic rings. The van der Waals surface area contributed by atoms with Crippen molar-refractivity contribution in [2.24, 2.45) is 0 Å². The summed E-state index contributed by atoms with van der Waals surface area (Å²) in [7, 11) is -3.38. The molecule has 2 heterocycles. The van der Waals surface area contributed by atoms with Crippen LogP contribution in [0.3, 0.4) is 0 Å². The molecule has 2 rings (SSSR count). The van der Waals surface area contributed by atoms with E-state index in [1.807, 2.05) is 34.6 Å². The predicted octanol–water partition coefficient (Wildman–Crippen LogP) is 4.18. The number of H-pyrrole nitrogens is 1. The van der Waals surface area contributed by atoms with Crippen LogP contribution in [0.1, 0.15) is 59.8 Å². The first-order chi connectivity index (χ1) is 21.3. The summed E-state index contributed by atoms with van der Waals surface area (Å²) in [6.45, 7) is 23.5. The second kappa shape index (κ2) is 19.4. The van der Waals surface area contributed by atoms with E-state index in [-0.39, 0.29) is 51.2 Å². The smallest absolute Gasteiger partial charge is 0.330 e. The average Bonchev–Trinajstić information content (AvgIpc) is 3.30. The molecule has 7 atom stereocenters. The molecule has 1 aromatic heterocycles. The maximum absolute atomic E-state index is 13.5. The minimum absolute atomic E-state index is 0.0129. The maximum Gasteiger partial charge on any atom is 0.330 e. The summed E-state index contributed by atoms with van der Waals surface area (Å²) in [6.07, 6.45) is -2.38. The largest absolute Gasteiger partial charge is 0.382 e. The van der Waals surface area contributed by atoms with Gasteiger partial charge in [-0.3, -0.25) is 18.9 Å². The molecule has 1 fully saturated rings. The van der Waals surface area contributed by atoms with E-state index in [0.717, 1.165) is 0 Å². The second-order valence-corrected chi connectivity index (χ2v) is 15.5. The number of aryl methyl sites for hydroxylation is 1. The van der Waals surface area contributed by atoms with E-state index in [2.05, 4.69) is 14.5 Å². The predicted molar refractivity (Wildman–Crippen MR) is 173 cm³/mol. The highest BCUT2D eigenvalue weighted by atomic mass is 31.2. The third-order valence-electron chi connectivity index (χ3n) is 6.92. The molecule has 2 unspecified atom stereocenters. The monoisotopic (exact) mass is 678 g/mol. The minimum atomic E-state index is -3.14. The van der Waals surface area contributed by atoms with Crippen molar-refractivity contribution < 1.29 is 37.1 Å². The number of nitrogens with one attached hydrogen (secondary N) is 1. The molecular formula is C29H52N4O10P2. The quantitative estimate of drug-likeness (QED) is 0.114. The van der Waals surface area contributed by atoms with Crippen molar-refractivity contribution >= 4 is 15.9 Å². The van der Waals surface area contributed by atoms with Gasteiger partial charge in [0.25, 0.3) is 14.1 Å². The van der Waals surface area contributed by atoms with E-state index in [9.17, 15) is 14.2 Å². The van der Waals surface area contributed by atoms with Crippen LogP contribution in [0.2, 0.25) is 0 Å². The average molecular weight is 679 g/mol. The van der Waals surface area contributed by atoms with E-state index in [1.165, 1.54) is 10.8 Å². The Balaban J connectivity index is 2.75. The molecule has 258 valence electrons. The van der Waals surface area contributed by atoms with E-state index < -0.39 is 57.8 Å². The Kier molecular flexibility index (Phi) is 17.1. The first-order valence-electron chi connectivity index (χ1n) is 15.4. The molecule has 1 aliphatic heterocycles. The minimum Gasteiger partial charge on any atom is -0.382 e. The zero-order chi connectivity index (χ0) is 33.7. The lowest BCUT2D eigenvalue weighted by atomic mass is 10.1. The number of methoxy groups -OCH3 is 1. The summed E-state index contributed by atoms with van der Waals surface area (Å²) in [6, 6.07) is 0.0257. The highest BCUT2D eigenvalue weighted by Gasteiger charge is 2.53. The van der Waals surface area contributed by atoms with Crippen LogP contribution in [0.25, 0.3) is 4.85 Å². The summed E-state index contributed by atoms with van der Waals surface area (Å²) in [4.78, 5) is 31.2. The Morgan fingerprint density at radius 2 is 1.82 bits per heavy atom. The van der Waals surface area contributed by atoms with Gasteiger partial charge in [-0.1, -0.05) is 6.92 Å². The van der Waals surface area contributed by atoms with Gasteiger partial charge in [0.05, 0.1) is 32.1 Å². The van der Waals surface area contributed by atoms with Gasteiger partial charge in [-0.15, -0.1) is 0 Å². The highest BCUT2D eigenvalue weighted by Crippen LogP contribution is 2.52. The van der Waals surface area contributed by atoms with Gasteiger partial charge < -0.3 is 37.4 Å². The summed E-state index contributed by atoms with van der Waals surface area (Å²) in [5.74, 6) is 0. The van der Waals surface area contributed by atoms with Crippen molar-refractivity contribution in [2.45, 2.75) is 97.6 Å². The third kappa shape index (κ3) is 11.6. The van der Waals surface area contributed by atoms with Crippen LogP contribution in [-0.4, -0.2) is 110 Å². The van der Waals surface area contributed by atoms with Crippen LogP contribution >= 0.6 is 15.9 Å². The first-order valence-corrected chi connectivity index (χ1v) is 18.8. The van der Waals surface area contributed by atoms with E-state index >= 15 is 0 Å². The molecule has 1 N–H and O–H groups in total. The lowest BCUT2D eigenvalue weighted by Crippen LogP contribution is -2.46. The fourth-order valence-corrected chi connectivity index (χ4v) is 8.46. The van der Waals surface area contributed by atoms with E-state index in [4.69, 9.17) is 39.1 Å². The van der Waals surface area contributed by atoms with Gasteiger partial charge >= 0.3 is 5.69 Å². The summed E-state index contributed by atoms with van der Waals surface area (Å²) >= 11 is 0. The van der Waals surface area contributed by atoms with Crippen LogP contribution in [0, 0.1) is 13.5 Å². The Hall–Kier alpha value is -1.49. The molecule has 16 heteroatoms. The van der Waals surface area contributed by atoms with Gasteiger partial charge in [-0.2, -0.15) is 0 Å². The molecule has 0 bridgehead atoms. The molecule has 1 aliphatic rings. The van der Waals surface area contributed by atoms with Crippen molar-refractivity contribution in [3.63, 3.8) is 0 Å². The number of nitrogens with zero attached hydrogens (tertiary/aromatic N) is 3. The molecule has 14 nitrogen and oxygen atoms in total. The maximum atomic E-state index is 13.5. The topological polar surface area (TPSA) is 144 Å². The molecule has 0 spiro atoms. The zero-order valence-electron chi connectivity index (χ0n) is 28.1. The summed E-state index contributed by atoms with van der Waals surface area (Å²) < 4.78 is 60.1. The molecule has 0 saturated carbocycles. The molecule has 1 saturated heterocycles. The van der Waals surface area contributed by atoms with Gasteiger partial charge in [0.15, 0.2) is 6.23 Å². The van der Waals surface area contributed by atoms with Gasteiger partial charge in [-0.05, 0) is 48.0 Å². The van der Waals surface area contributed by atoms with Crippen LogP contribution in [0.4, 0.5) is 0 Å². The van der Waals surface area contributed by atoms with Gasteiger partial charge in [0.2, 0.25) is 13.9 Å². The Morgan fingerprint density at radius 1 is 1.13 bits per heavy atom. The van der Waals surface area contributed by atoms with Crippen LogP contribution < -0.4 is 11.2 Å². The number of aromatic amines is 1. The van der Waals surface area contributed by atoms with Crippen molar-refractivity contribution in [3.8, 4) is 0 Å². The number of hydrogen-bond donors (Lipinski definition) is 1. The fraction of sp³-hybridized carbons (Fsp3) is 0.828. The standard InChI is InChI=1S/C29H52N4O10P2/c1-11-14-38-23(19-45(10,36)41-12-2)24-25(43-44(40-15-13-30-8)33(20(3)4)21(5)6)26(39-17-16-37-9)28(42-24)32-18-22(7)27(34)31-29(32)35/h18,20-21,23-26,28H,11-17,19H2,1-7,9-10H3,(H,31,34,35)/t23-,24+,25+,26+,28+,44?,45?/m0/s1. The summed E-state index contributed by atoms with van der Waals surface area (Å²) in [5, 5.41) is 0. The molecule has 0 aliphatic carbocycles. The van der Waals surface area contributed by atoms with Crippen LogP contribution in [0.15, 0.2) is 15.8 Å².